The van der Waals surface area contributed by atoms with Gasteiger partial charge in [-0.05, 0) is 37.3 Å². The number of rotatable bonds is 3. The van der Waals surface area contributed by atoms with Crippen molar-refractivity contribution in [3.05, 3.63) is 60.4 Å². The van der Waals surface area contributed by atoms with Gasteiger partial charge in [-0.2, -0.15) is 5.10 Å². The number of aromatic nitrogens is 2. The average molecular weight is 280 g/mol. The average Bonchev–Trinajstić information content (AvgIpc) is 2.92. The van der Waals surface area contributed by atoms with E-state index < -0.39 is 0 Å². The van der Waals surface area contributed by atoms with Gasteiger partial charge in [0.25, 0.3) is 5.91 Å². The number of nitrogens with two attached hydrogens (primary N) is 1. The Balaban J connectivity index is 2.03. The third-order valence-electron chi connectivity index (χ3n) is 3.40. The van der Waals surface area contributed by atoms with Crippen LogP contribution in [0, 0.1) is 0 Å². The fourth-order valence-electron chi connectivity index (χ4n) is 2.38. The number of hydrogen-bond donors (Lipinski definition) is 1. The second kappa shape index (κ2) is 5.28. The Kier molecular flexibility index (Phi) is 3.31. The molecule has 3 aromatic rings. The number of fused-ring (bicyclic) bond motifs is 1. The van der Waals surface area contributed by atoms with Crippen molar-refractivity contribution in [3.8, 4) is 0 Å². The highest BCUT2D eigenvalue weighted by Gasteiger charge is 2.19. The minimum atomic E-state index is -0.0794. The molecular formula is C16H16N4O. The van der Waals surface area contributed by atoms with E-state index in [0.29, 0.717) is 17.8 Å². The van der Waals surface area contributed by atoms with E-state index in [4.69, 9.17) is 5.73 Å². The Morgan fingerprint density at radius 2 is 2.14 bits per heavy atom. The summed E-state index contributed by atoms with van der Waals surface area (Å²) in [7, 11) is 0. The smallest absolute Gasteiger partial charge is 0.262 e. The molecule has 0 aliphatic rings. The molecule has 2 heterocycles. The molecular weight excluding hydrogens is 264 g/mol. The van der Waals surface area contributed by atoms with Gasteiger partial charge < -0.3 is 10.6 Å². The Bertz CT molecular complexity index is 794. The van der Waals surface area contributed by atoms with Crippen molar-refractivity contribution >= 4 is 22.8 Å². The number of nitrogens with zero attached hydrogens (tertiary/aromatic N) is 3. The number of pyridine rings is 1. The molecule has 2 N–H and O–H groups in total. The molecule has 0 saturated heterocycles. The summed E-state index contributed by atoms with van der Waals surface area (Å²) < 4.78 is 1.69. The van der Waals surface area contributed by atoms with Gasteiger partial charge in [0.1, 0.15) is 0 Å². The standard InChI is InChI=1S/C16H16N4O/c1-2-19(13-7-5-6-12(17)10-13)16(21)14-11-18-20-9-4-3-8-15(14)20/h3-11H,2,17H2,1H3. The van der Waals surface area contributed by atoms with E-state index in [2.05, 4.69) is 5.10 Å². The lowest BCUT2D eigenvalue weighted by molar-refractivity contribution is 0.0990. The van der Waals surface area contributed by atoms with E-state index in [1.807, 2.05) is 43.5 Å². The van der Waals surface area contributed by atoms with Crippen LogP contribution in [0.5, 0.6) is 0 Å². The largest absolute Gasteiger partial charge is 0.399 e. The fraction of sp³-hybridized carbons (Fsp3) is 0.125. The van der Waals surface area contributed by atoms with E-state index in [0.717, 1.165) is 11.2 Å². The van der Waals surface area contributed by atoms with Crippen LogP contribution in [0.2, 0.25) is 0 Å². The minimum absolute atomic E-state index is 0.0794. The van der Waals surface area contributed by atoms with Gasteiger partial charge in [-0.1, -0.05) is 12.1 Å². The number of hydrogen-bond acceptors (Lipinski definition) is 3. The number of anilines is 2. The van der Waals surface area contributed by atoms with Crippen LogP contribution in [-0.2, 0) is 0 Å². The maximum absolute atomic E-state index is 12.8. The molecule has 0 spiro atoms. The molecule has 2 aromatic heterocycles. The Morgan fingerprint density at radius 1 is 1.29 bits per heavy atom. The first-order chi connectivity index (χ1) is 10.2. The van der Waals surface area contributed by atoms with Crippen molar-refractivity contribution in [3.63, 3.8) is 0 Å². The molecule has 0 aliphatic heterocycles. The summed E-state index contributed by atoms with van der Waals surface area (Å²) in [6.45, 7) is 2.50. The maximum Gasteiger partial charge on any atom is 0.262 e. The number of carbonyl (C=O) groups is 1. The topological polar surface area (TPSA) is 63.6 Å². The molecule has 5 heteroatoms. The van der Waals surface area contributed by atoms with Crippen molar-refractivity contribution in [2.24, 2.45) is 0 Å². The van der Waals surface area contributed by atoms with Crippen LogP contribution in [-0.4, -0.2) is 22.1 Å². The zero-order valence-electron chi connectivity index (χ0n) is 11.7. The van der Waals surface area contributed by atoms with Crippen LogP contribution in [0.1, 0.15) is 17.3 Å². The molecule has 0 aliphatic carbocycles. The Morgan fingerprint density at radius 3 is 2.90 bits per heavy atom. The molecule has 106 valence electrons. The fourth-order valence-corrected chi connectivity index (χ4v) is 2.38. The SMILES string of the molecule is CCN(C(=O)c1cnn2ccccc12)c1cccc(N)c1. The maximum atomic E-state index is 12.8. The van der Waals surface area contributed by atoms with Crippen LogP contribution in [0.3, 0.4) is 0 Å². The number of carbonyl (C=O) groups excluding carboxylic acids is 1. The highest BCUT2D eigenvalue weighted by Crippen LogP contribution is 2.21. The predicted molar refractivity (Wildman–Crippen MR) is 83.4 cm³/mol. The third-order valence-corrected chi connectivity index (χ3v) is 3.40. The van der Waals surface area contributed by atoms with E-state index in [1.54, 1.807) is 27.7 Å². The van der Waals surface area contributed by atoms with Crippen molar-refractivity contribution < 1.29 is 4.79 Å². The highest BCUT2D eigenvalue weighted by atomic mass is 16.2. The van der Waals surface area contributed by atoms with Gasteiger partial charge in [0.05, 0.1) is 17.3 Å². The molecule has 5 nitrogen and oxygen atoms in total. The Labute approximate surface area is 122 Å². The molecule has 0 unspecified atom stereocenters. The summed E-state index contributed by atoms with van der Waals surface area (Å²) >= 11 is 0. The zero-order valence-corrected chi connectivity index (χ0v) is 11.7. The highest BCUT2D eigenvalue weighted by molar-refractivity contribution is 6.10. The van der Waals surface area contributed by atoms with Crippen molar-refractivity contribution in [1.82, 2.24) is 9.61 Å². The molecule has 21 heavy (non-hydrogen) atoms. The molecule has 0 radical (unpaired) electrons. The van der Waals surface area contributed by atoms with Gasteiger partial charge in [-0.25, -0.2) is 4.52 Å². The molecule has 0 bridgehead atoms. The number of nitrogen functional groups attached to an aromatic ring is 1. The van der Waals surface area contributed by atoms with E-state index >= 15 is 0 Å². The summed E-state index contributed by atoms with van der Waals surface area (Å²) in [5, 5.41) is 4.21. The summed E-state index contributed by atoms with van der Waals surface area (Å²) in [4.78, 5) is 14.5. The van der Waals surface area contributed by atoms with Crippen LogP contribution in [0.4, 0.5) is 11.4 Å². The van der Waals surface area contributed by atoms with Crippen LogP contribution in [0.15, 0.2) is 54.9 Å². The van der Waals surface area contributed by atoms with Gasteiger partial charge in [0.15, 0.2) is 0 Å². The summed E-state index contributed by atoms with van der Waals surface area (Å²) in [5.41, 5.74) is 8.61. The minimum Gasteiger partial charge on any atom is -0.399 e. The zero-order chi connectivity index (χ0) is 14.8. The Hall–Kier alpha value is -2.82. The number of amides is 1. The molecule has 0 saturated carbocycles. The summed E-state index contributed by atoms with van der Waals surface area (Å²) in [6.07, 6.45) is 3.43. The lowest BCUT2D eigenvalue weighted by atomic mass is 10.2. The van der Waals surface area contributed by atoms with E-state index in [9.17, 15) is 4.79 Å². The number of benzene rings is 1. The first-order valence-corrected chi connectivity index (χ1v) is 6.80. The quantitative estimate of drug-likeness (QED) is 0.750. The van der Waals surface area contributed by atoms with Gasteiger partial charge in [-0.3, -0.25) is 4.79 Å². The lowest BCUT2D eigenvalue weighted by Crippen LogP contribution is -2.30. The van der Waals surface area contributed by atoms with Crippen molar-refractivity contribution in [2.45, 2.75) is 6.92 Å². The van der Waals surface area contributed by atoms with Gasteiger partial charge in [-0.15, -0.1) is 0 Å². The lowest BCUT2D eigenvalue weighted by Gasteiger charge is -2.20. The second-order valence-electron chi connectivity index (χ2n) is 4.73. The van der Waals surface area contributed by atoms with Crippen molar-refractivity contribution in [2.75, 3.05) is 17.2 Å². The summed E-state index contributed by atoms with van der Waals surface area (Å²) in [6, 6.07) is 13.0. The van der Waals surface area contributed by atoms with Crippen LogP contribution in [0.25, 0.3) is 5.52 Å². The van der Waals surface area contributed by atoms with Gasteiger partial charge >= 0.3 is 0 Å². The van der Waals surface area contributed by atoms with Gasteiger partial charge in [0, 0.05) is 24.1 Å². The van der Waals surface area contributed by atoms with E-state index in [1.165, 1.54) is 0 Å². The van der Waals surface area contributed by atoms with Crippen LogP contribution < -0.4 is 10.6 Å². The van der Waals surface area contributed by atoms with Crippen molar-refractivity contribution in [1.29, 1.82) is 0 Å². The normalized spacial score (nSPS) is 10.7. The predicted octanol–water partition coefficient (Wildman–Crippen LogP) is 2.58. The molecule has 3 rings (SSSR count). The molecule has 1 aromatic carbocycles. The molecule has 0 fully saturated rings. The van der Waals surface area contributed by atoms with E-state index in [-0.39, 0.29) is 5.91 Å². The molecule has 0 atom stereocenters. The van der Waals surface area contributed by atoms with Crippen LogP contribution >= 0.6 is 0 Å². The first kappa shape index (κ1) is 13.2. The van der Waals surface area contributed by atoms with Gasteiger partial charge in [0.2, 0.25) is 0 Å². The monoisotopic (exact) mass is 280 g/mol. The summed E-state index contributed by atoms with van der Waals surface area (Å²) in [5.74, 6) is -0.0794. The molecule has 1 amide bonds. The first-order valence-electron chi connectivity index (χ1n) is 6.80. The second-order valence-corrected chi connectivity index (χ2v) is 4.73. The third kappa shape index (κ3) is 2.33.